The molecule has 0 unspecified atom stereocenters. The van der Waals surface area contributed by atoms with E-state index in [4.69, 9.17) is 30.6 Å². The van der Waals surface area contributed by atoms with E-state index in [1.807, 2.05) is 0 Å². The van der Waals surface area contributed by atoms with Crippen LogP contribution in [-0.4, -0.2) is 79.7 Å². The van der Waals surface area contributed by atoms with Crippen LogP contribution < -0.4 is 0 Å². The summed E-state index contributed by atoms with van der Waals surface area (Å²) in [6.45, 7) is 0.484. The maximum Gasteiger partial charge on any atom is 0.310 e. The van der Waals surface area contributed by atoms with E-state index in [0.717, 1.165) is 0 Å². The van der Waals surface area contributed by atoms with Crippen LogP contribution >= 0.6 is 0 Å². The molecule has 0 saturated carbocycles. The number of carboxylic acids is 1. The van der Waals surface area contributed by atoms with Crippen molar-refractivity contribution in [3.05, 3.63) is 0 Å². The van der Waals surface area contributed by atoms with Crippen LogP contribution in [0.25, 0.3) is 0 Å². The van der Waals surface area contributed by atoms with Gasteiger partial charge in [-0.05, 0) is 6.92 Å². The first-order valence-corrected chi connectivity index (χ1v) is 5.17. The summed E-state index contributed by atoms with van der Waals surface area (Å²) < 4.78 is 0. The molecule has 0 aromatic rings. The Morgan fingerprint density at radius 3 is 1.79 bits per heavy atom. The maximum absolute atomic E-state index is 9.90. The molecule has 0 aliphatic heterocycles. The van der Waals surface area contributed by atoms with Gasteiger partial charge in [0.1, 0.15) is 36.6 Å². The molecule has 0 aromatic carbocycles. The first-order valence-electron chi connectivity index (χ1n) is 5.17. The van der Waals surface area contributed by atoms with Crippen LogP contribution in [0.2, 0.25) is 0 Å². The Morgan fingerprint density at radius 2 is 1.58 bits per heavy atom. The highest BCUT2D eigenvalue weighted by Crippen LogP contribution is 2.02. The zero-order valence-corrected chi connectivity index (χ0v) is 10.2. The molecule has 9 nitrogen and oxygen atoms in total. The highest BCUT2D eigenvalue weighted by atomic mass is 16.4. The number of ketones is 1. The lowest BCUT2D eigenvalue weighted by molar-refractivity contribution is -0.139. The molecule has 112 valence electrons. The van der Waals surface area contributed by atoms with Gasteiger partial charge in [0.25, 0.3) is 0 Å². The first kappa shape index (κ1) is 19.9. The normalized spacial score (nSPS) is 16.3. The minimum absolute atomic E-state index is 0.0258. The lowest BCUT2D eigenvalue weighted by Gasteiger charge is -2.22. The number of carbonyl (C=O) groups is 3. The number of aliphatic hydroxyl groups is 5. The molecule has 9 heteroatoms. The van der Waals surface area contributed by atoms with Crippen molar-refractivity contribution in [2.24, 2.45) is 0 Å². The van der Waals surface area contributed by atoms with Gasteiger partial charge in [-0.2, -0.15) is 0 Å². The predicted octanol–water partition coefficient (Wildman–Crippen LogP) is -3.33. The van der Waals surface area contributed by atoms with Crippen LogP contribution in [0.4, 0.5) is 0 Å². The molecule has 0 spiro atoms. The van der Waals surface area contributed by atoms with Crippen LogP contribution in [0.5, 0.6) is 0 Å². The molecular weight excluding hydrogens is 264 g/mol. The monoisotopic (exact) mass is 282 g/mol. The highest BCUT2D eigenvalue weighted by Gasteiger charge is 2.29. The Bertz CT molecular complexity index is 279. The number of carboxylic acid groups (broad SMARTS) is 1. The number of aliphatic carboxylic acids is 1. The molecule has 0 bridgehead atoms. The lowest BCUT2D eigenvalue weighted by Crippen LogP contribution is -2.46. The summed E-state index contributed by atoms with van der Waals surface area (Å²) in [4.78, 5) is 29.4. The van der Waals surface area contributed by atoms with E-state index in [0.29, 0.717) is 0 Å². The molecule has 0 aliphatic rings. The van der Waals surface area contributed by atoms with Crippen molar-refractivity contribution < 1.29 is 45.0 Å². The number of hydrogen-bond donors (Lipinski definition) is 6. The van der Waals surface area contributed by atoms with Crippen LogP contribution in [0.1, 0.15) is 13.3 Å². The summed E-state index contributed by atoms with van der Waals surface area (Å²) in [5.41, 5.74) is 0. The molecule has 0 fully saturated rings. The summed E-state index contributed by atoms with van der Waals surface area (Å²) in [5, 5.41) is 51.4. The van der Waals surface area contributed by atoms with Crippen LogP contribution in [-0.2, 0) is 14.4 Å². The molecule has 0 radical (unpaired) electrons. The largest absolute Gasteiger partial charge is 0.481 e. The average molecular weight is 282 g/mol. The number of rotatable bonds is 7. The average Bonchev–Trinajstić information content (AvgIpc) is 2.34. The van der Waals surface area contributed by atoms with Gasteiger partial charge in [-0.1, -0.05) is 0 Å². The third-order valence-corrected chi connectivity index (χ3v) is 1.82. The second-order valence-corrected chi connectivity index (χ2v) is 3.63. The zero-order chi connectivity index (χ0) is 15.6. The van der Waals surface area contributed by atoms with Crippen molar-refractivity contribution in [1.29, 1.82) is 0 Å². The van der Waals surface area contributed by atoms with E-state index < -0.39 is 37.0 Å². The fraction of sp³-hybridized carbons (Fsp3) is 0.700. The molecule has 0 aromatic heterocycles. The Kier molecular flexibility index (Phi) is 11.0. The number of aliphatic hydroxyl groups excluding tert-OH is 5. The fourth-order valence-electron chi connectivity index (χ4n) is 0.831. The van der Waals surface area contributed by atoms with Crippen molar-refractivity contribution in [3.63, 3.8) is 0 Å². The van der Waals surface area contributed by atoms with Crippen molar-refractivity contribution in [3.8, 4) is 0 Å². The molecule has 0 heterocycles. The molecule has 0 saturated heterocycles. The molecule has 19 heavy (non-hydrogen) atoms. The molecule has 4 atom stereocenters. The smallest absolute Gasteiger partial charge is 0.310 e. The second kappa shape index (κ2) is 10.5. The van der Waals surface area contributed by atoms with Gasteiger partial charge in [-0.3, -0.25) is 9.59 Å². The summed E-state index contributed by atoms with van der Waals surface area (Å²) in [6, 6.07) is 0. The number of aldehydes is 1. The zero-order valence-electron chi connectivity index (χ0n) is 10.2. The maximum atomic E-state index is 9.90. The van der Waals surface area contributed by atoms with Crippen molar-refractivity contribution in [2.75, 3.05) is 6.61 Å². The number of carbonyl (C=O) groups excluding carboxylic acids is 2. The topological polar surface area (TPSA) is 173 Å². The number of Topliss-reactive ketones (excluding diaryl/α,β-unsaturated/α-hetero) is 1. The van der Waals surface area contributed by atoms with Crippen molar-refractivity contribution >= 4 is 18.0 Å². The Balaban J connectivity index is 0. The van der Waals surface area contributed by atoms with Gasteiger partial charge < -0.3 is 35.4 Å². The minimum Gasteiger partial charge on any atom is -0.481 e. The van der Waals surface area contributed by atoms with E-state index in [-0.39, 0.29) is 18.5 Å². The van der Waals surface area contributed by atoms with Crippen LogP contribution in [0.15, 0.2) is 0 Å². The minimum atomic E-state index is -1.79. The molecule has 0 rings (SSSR count). The van der Waals surface area contributed by atoms with Crippen LogP contribution in [0.3, 0.4) is 0 Å². The van der Waals surface area contributed by atoms with E-state index in [1.165, 1.54) is 6.92 Å². The van der Waals surface area contributed by atoms with Gasteiger partial charge in [-0.25, -0.2) is 0 Å². The summed E-state index contributed by atoms with van der Waals surface area (Å²) in [7, 11) is 0. The molecular formula is C10H18O9. The standard InChI is InChI=1S/C6H12O6.C4H6O3/c7-1-3(9)5(11)6(12)4(10)2-8;1-3(5)2-4(6)7/h1,3-6,8-12H,2H2;2H2,1H3,(H,6,7)/t3-,4+,5+,6+;/m0./s1. The summed E-state index contributed by atoms with van der Waals surface area (Å²) >= 11 is 0. The van der Waals surface area contributed by atoms with Crippen molar-refractivity contribution in [2.45, 2.75) is 37.8 Å². The van der Waals surface area contributed by atoms with Gasteiger partial charge >= 0.3 is 5.97 Å². The van der Waals surface area contributed by atoms with Gasteiger partial charge in [0.15, 0.2) is 6.29 Å². The fourth-order valence-corrected chi connectivity index (χ4v) is 0.831. The SMILES string of the molecule is CC(=O)CC(=O)O.O=C[C@H](O)[C@@H](O)[C@H](O)[C@H](O)CO. The first-order chi connectivity index (χ1) is 8.67. The predicted molar refractivity (Wildman–Crippen MR) is 60.1 cm³/mol. The quantitative estimate of drug-likeness (QED) is 0.206. The van der Waals surface area contributed by atoms with Gasteiger partial charge in [0.05, 0.1) is 6.61 Å². The molecule has 0 aliphatic carbocycles. The van der Waals surface area contributed by atoms with Gasteiger partial charge in [-0.15, -0.1) is 0 Å². The van der Waals surface area contributed by atoms with Gasteiger partial charge in [0.2, 0.25) is 0 Å². The number of hydrogen-bond acceptors (Lipinski definition) is 8. The Hall–Kier alpha value is -1.39. The highest BCUT2D eigenvalue weighted by molar-refractivity contribution is 5.93. The van der Waals surface area contributed by atoms with E-state index in [2.05, 4.69) is 0 Å². The van der Waals surface area contributed by atoms with E-state index in [9.17, 15) is 14.4 Å². The second-order valence-electron chi connectivity index (χ2n) is 3.63. The van der Waals surface area contributed by atoms with Gasteiger partial charge in [0, 0.05) is 0 Å². The third kappa shape index (κ3) is 10.2. The van der Waals surface area contributed by atoms with E-state index in [1.54, 1.807) is 0 Å². The van der Waals surface area contributed by atoms with Crippen molar-refractivity contribution in [1.82, 2.24) is 0 Å². The third-order valence-electron chi connectivity index (χ3n) is 1.82. The van der Waals surface area contributed by atoms with E-state index >= 15 is 0 Å². The Morgan fingerprint density at radius 1 is 1.11 bits per heavy atom. The molecule has 0 amide bonds. The summed E-state index contributed by atoms with van der Waals surface area (Å²) in [5.74, 6) is -1.37. The molecule has 6 N–H and O–H groups in total. The van der Waals surface area contributed by atoms with Crippen LogP contribution in [0, 0.1) is 0 Å². The lowest BCUT2D eigenvalue weighted by atomic mass is 10.0. The summed E-state index contributed by atoms with van der Waals surface area (Å²) in [6.07, 6.45) is -7.20. The Labute approximate surface area is 108 Å².